The van der Waals surface area contributed by atoms with E-state index in [1.54, 1.807) is 18.2 Å². The van der Waals surface area contributed by atoms with Crippen LogP contribution in [0.4, 0.5) is 5.69 Å². The number of nitrogens with zero attached hydrogens (tertiary/aromatic N) is 3. The van der Waals surface area contributed by atoms with Gasteiger partial charge in [-0.1, -0.05) is 31.5 Å². The lowest BCUT2D eigenvalue weighted by Crippen LogP contribution is -2.13. The van der Waals surface area contributed by atoms with Crippen LogP contribution in [-0.4, -0.2) is 36.0 Å². The fraction of sp³-hybridized carbons (Fsp3) is 0.250. The number of ether oxygens (including phenoxy) is 2. The predicted octanol–water partition coefficient (Wildman–Crippen LogP) is 3.88. The molecule has 0 spiro atoms. The minimum Gasteiger partial charge on any atom is -0.493 e. The summed E-state index contributed by atoms with van der Waals surface area (Å²) in [4.78, 5) is 15.3. The third-order valence-corrected chi connectivity index (χ3v) is 6.04. The van der Waals surface area contributed by atoms with Gasteiger partial charge in [-0.2, -0.15) is 0 Å². The van der Waals surface area contributed by atoms with Crippen molar-refractivity contribution in [3.05, 3.63) is 65.0 Å². The van der Waals surface area contributed by atoms with Crippen molar-refractivity contribution >= 4 is 15.7 Å². The highest BCUT2D eigenvalue weighted by atomic mass is 32.2. The van der Waals surface area contributed by atoms with E-state index in [0.29, 0.717) is 6.61 Å². The summed E-state index contributed by atoms with van der Waals surface area (Å²) < 4.78 is 37.9. The molecule has 0 N–H and O–H groups in total. The molecule has 30 heavy (non-hydrogen) atoms. The first kappa shape index (κ1) is 21.3. The second-order valence-electron chi connectivity index (χ2n) is 6.35. The molecule has 158 valence electrons. The number of benzene rings is 2. The summed E-state index contributed by atoms with van der Waals surface area (Å²) in [5.41, 5.74) is -0.113. The second kappa shape index (κ2) is 8.95. The first-order valence-corrected chi connectivity index (χ1v) is 10.7. The number of unbranched alkanes of at least 4 members (excludes halogenated alkanes) is 1. The summed E-state index contributed by atoms with van der Waals surface area (Å²) in [6.07, 6.45) is 4.20. The van der Waals surface area contributed by atoms with Gasteiger partial charge in [-0.15, -0.1) is 0 Å². The Bertz CT molecular complexity index is 1140. The van der Waals surface area contributed by atoms with E-state index < -0.39 is 14.9 Å². The van der Waals surface area contributed by atoms with Gasteiger partial charge in [0.25, 0.3) is 10.0 Å². The third-order valence-electron chi connectivity index (χ3n) is 4.36. The molecular formula is C20H21N3O6S. The predicted molar refractivity (Wildman–Crippen MR) is 110 cm³/mol. The molecule has 2 aromatic carbocycles. The molecule has 1 aromatic heterocycles. The number of nitro groups is 1. The number of rotatable bonds is 9. The van der Waals surface area contributed by atoms with Gasteiger partial charge in [0.15, 0.2) is 11.6 Å². The zero-order valence-corrected chi connectivity index (χ0v) is 17.3. The Morgan fingerprint density at radius 2 is 1.93 bits per heavy atom. The van der Waals surface area contributed by atoms with Gasteiger partial charge in [0.05, 0.1) is 23.5 Å². The lowest BCUT2D eigenvalue weighted by molar-refractivity contribution is -0.385. The molecular weight excluding hydrogens is 410 g/mol. The van der Waals surface area contributed by atoms with Crippen LogP contribution in [0.1, 0.15) is 19.8 Å². The Labute approximate surface area is 174 Å². The highest BCUT2D eigenvalue weighted by molar-refractivity contribution is 7.90. The third kappa shape index (κ3) is 4.13. The number of imidazole rings is 1. The van der Waals surface area contributed by atoms with Crippen LogP contribution in [0, 0.1) is 10.1 Å². The molecule has 0 unspecified atom stereocenters. The van der Waals surface area contributed by atoms with Crippen LogP contribution in [0.3, 0.4) is 0 Å². The number of hydrogen-bond acceptors (Lipinski definition) is 7. The number of hydrogen-bond donors (Lipinski definition) is 0. The van der Waals surface area contributed by atoms with Crippen LogP contribution in [-0.2, 0) is 10.0 Å². The Morgan fingerprint density at radius 3 is 2.57 bits per heavy atom. The number of nitro benzene ring substituents is 1. The maximum atomic E-state index is 13.0. The van der Waals surface area contributed by atoms with Gasteiger partial charge in [-0.25, -0.2) is 17.4 Å². The highest BCUT2D eigenvalue weighted by Crippen LogP contribution is 2.41. The van der Waals surface area contributed by atoms with Crippen molar-refractivity contribution in [2.45, 2.75) is 24.7 Å². The Balaban J connectivity index is 2.13. The highest BCUT2D eigenvalue weighted by Gasteiger charge is 2.27. The van der Waals surface area contributed by atoms with E-state index in [-0.39, 0.29) is 33.5 Å². The van der Waals surface area contributed by atoms with Crippen molar-refractivity contribution in [1.82, 2.24) is 8.96 Å². The van der Waals surface area contributed by atoms with Crippen LogP contribution in [0.25, 0.3) is 11.4 Å². The van der Waals surface area contributed by atoms with Crippen LogP contribution in [0.2, 0.25) is 0 Å². The van der Waals surface area contributed by atoms with Crippen LogP contribution in [0.15, 0.2) is 59.8 Å². The van der Waals surface area contributed by atoms with Gasteiger partial charge in [0, 0.05) is 24.0 Å². The molecule has 0 bridgehead atoms. The van der Waals surface area contributed by atoms with Gasteiger partial charge in [-0.05, 0) is 24.6 Å². The fourth-order valence-corrected chi connectivity index (χ4v) is 4.18. The molecule has 0 saturated carbocycles. The standard InChI is InChI=1S/C20H21N3O6S/c1-3-4-12-29-19-17(23(24)25)13-15(14-18(19)28-2)20-21-10-11-22(20)30(26,27)16-8-6-5-7-9-16/h5-11,13-14H,3-4,12H2,1-2H3. The van der Waals surface area contributed by atoms with E-state index in [1.165, 1.54) is 43.8 Å². The lowest BCUT2D eigenvalue weighted by Gasteiger charge is -2.14. The molecule has 10 heteroatoms. The molecule has 1 heterocycles. The first-order chi connectivity index (χ1) is 14.4. The van der Waals surface area contributed by atoms with E-state index in [2.05, 4.69) is 4.98 Å². The minimum atomic E-state index is -3.94. The smallest absolute Gasteiger partial charge is 0.315 e. The second-order valence-corrected chi connectivity index (χ2v) is 8.17. The molecule has 0 saturated heterocycles. The van der Waals surface area contributed by atoms with E-state index >= 15 is 0 Å². The van der Waals surface area contributed by atoms with E-state index in [0.717, 1.165) is 16.8 Å². The number of methoxy groups -OCH3 is 1. The van der Waals surface area contributed by atoms with Crippen molar-refractivity contribution in [2.24, 2.45) is 0 Å². The van der Waals surface area contributed by atoms with Crippen LogP contribution >= 0.6 is 0 Å². The average Bonchev–Trinajstić information content (AvgIpc) is 3.25. The van der Waals surface area contributed by atoms with E-state index in [1.807, 2.05) is 6.92 Å². The van der Waals surface area contributed by atoms with Crippen molar-refractivity contribution in [2.75, 3.05) is 13.7 Å². The number of aromatic nitrogens is 2. The summed E-state index contributed by atoms with van der Waals surface area (Å²) >= 11 is 0. The molecule has 3 rings (SSSR count). The van der Waals surface area contributed by atoms with Crippen molar-refractivity contribution < 1.29 is 22.8 Å². The van der Waals surface area contributed by atoms with Gasteiger partial charge < -0.3 is 9.47 Å². The van der Waals surface area contributed by atoms with Crippen LogP contribution in [0.5, 0.6) is 11.5 Å². The molecule has 9 nitrogen and oxygen atoms in total. The molecule has 0 radical (unpaired) electrons. The summed E-state index contributed by atoms with van der Waals surface area (Å²) in [6.45, 7) is 2.27. The molecule has 3 aromatic rings. The fourth-order valence-electron chi connectivity index (χ4n) is 2.86. The van der Waals surface area contributed by atoms with Crippen molar-refractivity contribution in [3.8, 4) is 22.9 Å². The van der Waals surface area contributed by atoms with Gasteiger partial charge in [0.2, 0.25) is 5.75 Å². The summed E-state index contributed by atoms with van der Waals surface area (Å²) in [7, 11) is -2.58. The average molecular weight is 431 g/mol. The van der Waals surface area contributed by atoms with Crippen molar-refractivity contribution in [3.63, 3.8) is 0 Å². The monoisotopic (exact) mass is 431 g/mol. The van der Waals surface area contributed by atoms with Crippen molar-refractivity contribution in [1.29, 1.82) is 0 Å². The van der Waals surface area contributed by atoms with E-state index in [4.69, 9.17) is 9.47 Å². The summed E-state index contributed by atoms with van der Waals surface area (Å²) in [6, 6.07) is 10.6. The molecule has 0 aliphatic heterocycles. The first-order valence-electron chi connectivity index (χ1n) is 9.23. The molecule has 0 fully saturated rings. The Kier molecular flexibility index (Phi) is 6.36. The Hall–Kier alpha value is -3.40. The normalized spacial score (nSPS) is 11.3. The van der Waals surface area contributed by atoms with Gasteiger partial charge in [-0.3, -0.25) is 10.1 Å². The van der Waals surface area contributed by atoms with Gasteiger partial charge >= 0.3 is 5.69 Å². The quantitative estimate of drug-likeness (QED) is 0.287. The van der Waals surface area contributed by atoms with Crippen LogP contribution < -0.4 is 9.47 Å². The Morgan fingerprint density at radius 1 is 1.20 bits per heavy atom. The lowest BCUT2D eigenvalue weighted by atomic mass is 10.1. The SMILES string of the molecule is CCCCOc1c(OC)cc(-c2nccn2S(=O)(=O)c2ccccc2)cc1[N+](=O)[O-]. The maximum absolute atomic E-state index is 13.0. The zero-order valence-electron chi connectivity index (χ0n) is 16.5. The largest absolute Gasteiger partial charge is 0.493 e. The van der Waals surface area contributed by atoms with Gasteiger partial charge in [0.1, 0.15) is 0 Å². The zero-order chi connectivity index (χ0) is 21.7. The summed E-state index contributed by atoms with van der Waals surface area (Å²) in [5, 5.41) is 11.7. The minimum absolute atomic E-state index is 0.00345. The molecule has 0 amide bonds. The summed E-state index contributed by atoms with van der Waals surface area (Å²) in [5.74, 6) is 0.158. The molecule has 0 aliphatic carbocycles. The molecule has 0 atom stereocenters. The van der Waals surface area contributed by atoms with E-state index in [9.17, 15) is 18.5 Å². The topological polar surface area (TPSA) is 114 Å². The maximum Gasteiger partial charge on any atom is 0.315 e. The molecule has 0 aliphatic rings.